The van der Waals surface area contributed by atoms with Crippen LogP contribution >= 0.6 is 0 Å². The van der Waals surface area contributed by atoms with Gasteiger partial charge in [0.05, 0.1) is 25.1 Å². The van der Waals surface area contributed by atoms with Gasteiger partial charge in [-0.1, -0.05) is 23.4 Å². The second-order valence-electron chi connectivity index (χ2n) is 6.22. The third-order valence-corrected chi connectivity index (χ3v) is 4.20. The van der Waals surface area contributed by atoms with Crippen molar-refractivity contribution >= 4 is 11.6 Å². The maximum Gasteiger partial charge on any atom is 0.269 e. The highest BCUT2D eigenvalue weighted by atomic mass is 16.7. The van der Waals surface area contributed by atoms with Crippen LogP contribution in [-0.4, -0.2) is 41.3 Å². The van der Waals surface area contributed by atoms with E-state index in [2.05, 4.69) is 10.1 Å². The summed E-state index contributed by atoms with van der Waals surface area (Å²) >= 11 is 0. The zero-order valence-electron chi connectivity index (χ0n) is 14.6. The van der Waals surface area contributed by atoms with Crippen molar-refractivity contribution in [1.82, 2.24) is 9.88 Å². The summed E-state index contributed by atoms with van der Waals surface area (Å²) in [4.78, 5) is 24.3. The minimum Gasteiger partial charge on any atom is -0.496 e. The second-order valence-corrected chi connectivity index (χ2v) is 6.22. The number of amides is 1. The number of nitrogens with zero attached hydrogens (tertiary/aromatic N) is 3. The molecule has 0 aliphatic carbocycles. The van der Waals surface area contributed by atoms with E-state index in [4.69, 9.17) is 9.57 Å². The Morgan fingerprint density at radius 3 is 2.76 bits per heavy atom. The number of oxime groups is 1. The number of pyridine rings is 1. The van der Waals surface area contributed by atoms with Gasteiger partial charge in [-0.05, 0) is 31.2 Å². The van der Waals surface area contributed by atoms with E-state index in [9.17, 15) is 4.79 Å². The van der Waals surface area contributed by atoms with Crippen LogP contribution in [0.2, 0.25) is 0 Å². The average molecular weight is 339 g/mol. The lowest BCUT2D eigenvalue weighted by molar-refractivity contribution is -0.152. The molecule has 130 valence electrons. The van der Waals surface area contributed by atoms with E-state index < -0.39 is 5.60 Å². The summed E-state index contributed by atoms with van der Waals surface area (Å²) in [7, 11) is 3.35. The highest BCUT2D eigenvalue weighted by molar-refractivity contribution is 6.07. The van der Waals surface area contributed by atoms with Gasteiger partial charge in [0.15, 0.2) is 0 Å². The molecule has 6 heteroatoms. The van der Waals surface area contributed by atoms with Crippen LogP contribution in [0.5, 0.6) is 5.75 Å². The van der Waals surface area contributed by atoms with E-state index in [1.807, 2.05) is 42.5 Å². The number of aromatic nitrogens is 1. The van der Waals surface area contributed by atoms with E-state index in [1.165, 1.54) is 0 Å². The Hall–Kier alpha value is -2.89. The summed E-state index contributed by atoms with van der Waals surface area (Å²) < 4.78 is 5.37. The van der Waals surface area contributed by atoms with Gasteiger partial charge >= 0.3 is 0 Å². The number of ether oxygens (including phenoxy) is 1. The Morgan fingerprint density at radius 1 is 1.28 bits per heavy atom. The average Bonchev–Trinajstić information content (AvgIpc) is 3.05. The maximum atomic E-state index is 12.9. The van der Waals surface area contributed by atoms with Gasteiger partial charge in [0.25, 0.3) is 5.91 Å². The Morgan fingerprint density at radius 2 is 2.04 bits per heavy atom. The van der Waals surface area contributed by atoms with Gasteiger partial charge in [0, 0.05) is 25.2 Å². The highest BCUT2D eigenvalue weighted by Crippen LogP contribution is 2.31. The zero-order chi connectivity index (χ0) is 17.9. The highest BCUT2D eigenvalue weighted by Gasteiger charge is 2.44. The van der Waals surface area contributed by atoms with Crippen LogP contribution in [0.25, 0.3) is 0 Å². The molecule has 0 N–H and O–H groups in total. The smallest absolute Gasteiger partial charge is 0.269 e. The fourth-order valence-electron chi connectivity index (χ4n) is 2.89. The molecule has 1 unspecified atom stereocenters. The molecule has 0 fully saturated rings. The molecule has 0 saturated carbocycles. The van der Waals surface area contributed by atoms with E-state index in [0.29, 0.717) is 24.4 Å². The number of likely N-dealkylation sites (N-methyl/N-ethyl adjacent to an activating group) is 1. The number of carbonyl (C=O) groups excluding carboxylic acids is 1. The van der Waals surface area contributed by atoms with Gasteiger partial charge in [0.2, 0.25) is 5.60 Å². The maximum absolute atomic E-state index is 12.9. The van der Waals surface area contributed by atoms with Crippen molar-refractivity contribution < 1.29 is 14.4 Å². The molecule has 3 rings (SSSR count). The quantitative estimate of drug-likeness (QED) is 0.840. The molecule has 1 atom stereocenters. The van der Waals surface area contributed by atoms with Crippen molar-refractivity contribution in [2.45, 2.75) is 25.5 Å². The molecule has 1 amide bonds. The number of para-hydroxylation sites is 1. The fourth-order valence-corrected chi connectivity index (χ4v) is 2.89. The Balaban J connectivity index is 1.72. The van der Waals surface area contributed by atoms with Crippen LogP contribution < -0.4 is 4.74 Å². The standard InChI is InChI=1S/C19H21N3O3/c1-19(18(23)22(2)13-14-8-6-7-11-20-14)12-16(21-25-19)15-9-4-5-10-17(15)24-3/h4-11H,12-13H2,1-3H3. The minimum atomic E-state index is -1.03. The summed E-state index contributed by atoms with van der Waals surface area (Å²) in [6, 6.07) is 13.2. The number of hydrogen-bond acceptors (Lipinski definition) is 5. The number of methoxy groups -OCH3 is 1. The third-order valence-electron chi connectivity index (χ3n) is 4.20. The van der Waals surface area contributed by atoms with Crippen molar-refractivity contribution in [1.29, 1.82) is 0 Å². The fraction of sp³-hybridized carbons (Fsp3) is 0.316. The third kappa shape index (κ3) is 3.47. The minimum absolute atomic E-state index is 0.133. The monoisotopic (exact) mass is 339 g/mol. The Labute approximate surface area is 147 Å². The second kappa shape index (κ2) is 6.93. The number of benzene rings is 1. The summed E-state index contributed by atoms with van der Waals surface area (Å²) in [5.74, 6) is 0.579. The molecule has 0 bridgehead atoms. The molecule has 2 aromatic rings. The van der Waals surface area contributed by atoms with E-state index >= 15 is 0 Å². The first kappa shape index (κ1) is 17.0. The van der Waals surface area contributed by atoms with E-state index in [-0.39, 0.29) is 5.91 Å². The molecular formula is C19H21N3O3. The van der Waals surface area contributed by atoms with Crippen LogP contribution in [0.1, 0.15) is 24.6 Å². The van der Waals surface area contributed by atoms with Gasteiger partial charge < -0.3 is 14.5 Å². The molecule has 1 aromatic carbocycles. The predicted octanol–water partition coefficient (Wildman–Crippen LogP) is 2.63. The van der Waals surface area contributed by atoms with E-state index in [0.717, 1.165) is 11.3 Å². The summed E-state index contributed by atoms with van der Waals surface area (Å²) in [6.07, 6.45) is 2.10. The van der Waals surface area contributed by atoms with Gasteiger partial charge in [0.1, 0.15) is 5.75 Å². The summed E-state index contributed by atoms with van der Waals surface area (Å²) in [5, 5.41) is 4.15. The van der Waals surface area contributed by atoms with Crippen LogP contribution in [-0.2, 0) is 16.2 Å². The molecule has 0 spiro atoms. The van der Waals surface area contributed by atoms with Crippen molar-refractivity contribution in [3.63, 3.8) is 0 Å². The van der Waals surface area contributed by atoms with Crippen molar-refractivity contribution in [2.24, 2.45) is 5.16 Å². The van der Waals surface area contributed by atoms with Gasteiger partial charge in [-0.15, -0.1) is 0 Å². The summed E-state index contributed by atoms with van der Waals surface area (Å²) in [6.45, 7) is 2.18. The lowest BCUT2D eigenvalue weighted by atomic mass is 9.94. The SMILES string of the molecule is COc1ccccc1C1=NOC(C)(C(=O)N(C)Cc2ccccn2)C1. The number of rotatable bonds is 5. The molecule has 1 aliphatic rings. The first-order valence-corrected chi connectivity index (χ1v) is 8.07. The van der Waals surface area contributed by atoms with Gasteiger partial charge in [-0.25, -0.2) is 0 Å². The van der Waals surface area contributed by atoms with Crippen molar-refractivity contribution in [3.8, 4) is 5.75 Å². The molecule has 1 aliphatic heterocycles. The lowest BCUT2D eigenvalue weighted by Crippen LogP contribution is -2.45. The number of carbonyl (C=O) groups is 1. The predicted molar refractivity (Wildman–Crippen MR) is 94.3 cm³/mol. The summed E-state index contributed by atoms with van der Waals surface area (Å²) in [5.41, 5.74) is 1.35. The van der Waals surface area contributed by atoms with Gasteiger partial charge in [-0.2, -0.15) is 0 Å². The van der Waals surface area contributed by atoms with Crippen molar-refractivity contribution in [3.05, 3.63) is 59.9 Å². The molecule has 1 aromatic heterocycles. The van der Waals surface area contributed by atoms with Crippen LogP contribution in [0.3, 0.4) is 0 Å². The first-order chi connectivity index (χ1) is 12.0. The van der Waals surface area contributed by atoms with Crippen LogP contribution in [0, 0.1) is 0 Å². The molecule has 25 heavy (non-hydrogen) atoms. The molecule has 6 nitrogen and oxygen atoms in total. The molecule has 0 radical (unpaired) electrons. The van der Waals surface area contributed by atoms with Crippen LogP contribution in [0.15, 0.2) is 53.8 Å². The zero-order valence-corrected chi connectivity index (χ0v) is 14.6. The first-order valence-electron chi connectivity index (χ1n) is 8.07. The largest absolute Gasteiger partial charge is 0.496 e. The van der Waals surface area contributed by atoms with E-state index in [1.54, 1.807) is 32.2 Å². The van der Waals surface area contributed by atoms with Crippen molar-refractivity contribution in [2.75, 3.05) is 14.2 Å². The lowest BCUT2D eigenvalue weighted by Gasteiger charge is -2.26. The molecule has 0 saturated heterocycles. The Kier molecular flexibility index (Phi) is 4.70. The topological polar surface area (TPSA) is 64.0 Å². The normalized spacial score (nSPS) is 19.1. The molecular weight excluding hydrogens is 318 g/mol. The Bertz CT molecular complexity index is 792. The number of hydrogen-bond donors (Lipinski definition) is 0. The molecule has 2 heterocycles. The van der Waals surface area contributed by atoms with Crippen LogP contribution in [0.4, 0.5) is 0 Å². The van der Waals surface area contributed by atoms with Gasteiger partial charge in [-0.3, -0.25) is 9.78 Å².